The lowest BCUT2D eigenvalue weighted by atomic mass is 9.56. The van der Waals surface area contributed by atoms with Crippen molar-refractivity contribution >= 4 is 15.9 Å². The molecule has 1 aliphatic carbocycles. The first-order valence-electron chi connectivity index (χ1n) is 10.9. The first-order valence-corrected chi connectivity index (χ1v) is 12.4. The molecule has 33 heavy (non-hydrogen) atoms. The van der Waals surface area contributed by atoms with Gasteiger partial charge < -0.3 is 10.8 Å². The van der Waals surface area contributed by atoms with Crippen molar-refractivity contribution < 1.29 is 27.1 Å². The van der Waals surface area contributed by atoms with Crippen LogP contribution in [0.15, 0.2) is 42.5 Å². The summed E-state index contributed by atoms with van der Waals surface area (Å²) in [5.74, 6) is -2.50. The van der Waals surface area contributed by atoms with Gasteiger partial charge in [0, 0.05) is 23.7 Å². The molecule has 6 nitrogen and oxygen atoms in total. The zero-order chi connectivity index (χ0) is 24.2. The monoisotopic (exact) mass is 478 g/mol. The van der Waals surface area contributed by atoms with Crippen LogP contribution < -0.4 is 5.73 Å². The molecule has 0 bridgehead atoms. The summed E-state index contributed by atoms with van der Waals surface area (Å²) < 4.78 is 58.2. The maximum absolute atomic E-state index is 15.1. The Kier molecular flexibility index (Phi) is 5.87. The molecule has 2 atom stereocenters. The van der Waals surface area contributed by atoms with Crippen molar-refractivity contribution in [1.29, 1.82) is 0 Å². The average molecular weight is 479 g/mol. The van der Waals surface area contributed by atoms with Gasteiger partial charge in [0.1, 0.15) is 16.9 Å². The van der Waals surface area contributed by atoms with E-state index in [1.54, 1.807) is 37.3 Å². The van der Waals surface area contributed by atoms with Gasteiger partial charge in [-0.15, -0.1) is 0 Å². The molecule has 1 amide bonds. The van der Waals surface area contributed by atoms with Crippen LogP contribution in [0.4, 0.5) is 8.78 Å². The van der Waals surface area contributed by atoms with Gasteiger partial charge in [0.25, 0.3) is 0 Å². The molecule has 0 aromatic heterocycles. The van der Waals surface area contributed by atoms with E-state index in [1.807, 2.05) is 0 Å². The van der Waals surface area contributed by atoms with Crippen molar-refractivity contribution in [2.45, 2.75) is 68.4 Å². The Morgan fingerprint density at radius 3 is 2.36 bits per heavy atom. The van der Waals surface area contributed by atoms with E-state index in [1.165, 1.54) is 11.2 Å². The van der Waals surface area contributed by atoms with Crippen molar-refractivity contribution in [3.05, 3.63) is 70.8 Å². The molecule has 9 heteroatoms. The molecule has 1 aliphatic heterocycles. The lowest BCUT2D eigenvalue weighted by molar-refractivity contribution is -0.142. The minimum Gasteiger partial charge on any atom is -0.390 e. The Bertz CT molecular complexity index is 1180. The second-order valence-electron chi connectivity index (χ2n) is 9.64. The summed E-state index contributed by atoms with van der Waals surface area (Å²) in [6.45, 7) is 2.93. The van der Waals surface area contributed by atoms with Gasteiger partial charge in [-0.05, 0) is 57.2 Å². The lowest BCUT2D eigenvalue weighted by Crippen LogP contribution is -2.59. The molecule has 178 valence electrons. The van der Waals surface area contributed by atoms with Crippen LogP contribution in [0.5, 0.6) is 0 Å². The number of nitrogens with zero attached hydrogens (tertiary/aromatic N) is 1. The van der Waals surface area contributed by atoms with Crippen molar-refractivity contribution in [3.8, 4) is 0 Å². The Labute approximate surface area is 192 Å². The first-order chi connectivity index (χ1) is 15.4. The number of hydrogen-bond donors (Lipinski definition) is 2. The number of rotatable bonds is 5. The molecule has 2 aromatic carbocycles. The molecule has 2 aliphatic rings. The molecule has 1 heterocycles. The second-order valence-corrected chi connectivity index (χ2v) is 11.7. The molecule has 3 N–H and O–H groups in total. The lowest BCUT2D eigenvalue weighted by Gasteiger charge is -2.50. The van der Waals surface area contributed by atoms with Crippen molar-refractivity contribution in [2.75, 3.05) is 0 Å². The quantitative estimate of drug-likeness (QED) is 0.689. The van der Waals surface area contributed by atoms with Crippen LogP contribution in [-0.4, -0.2) is 35.4 Å². The molecule has 2 fully saturated rings. The van der Waals surface area contributed by atoms with Crippen molar-refractivity contribution in [3.63, 3.8) is 0 Å². The van der Waals surface area contributed by atoms with Gasteiger partial charge >= 0.3 is 0 Å². The first kappa shape index (κ1) is 23.8. The highest BCUT2D eigenvalue weighted by molar-refractivity contribution is 7.89. The zero-order valence-corrected chi connectivity index (χ0v) is 19.4. The van der Waals surface area contributed by atoms with Gasteiger partial charge in [0.05, 0.1) is 11.0 Å². The number of amides is 1. The van der Waals surface area contributed by atoms with E-state index < -0.39 is 43.8 Å². The van der Waals surface area contributed by atoms with Crippen molar-refractivity contribution in [2.24, 2.45) is 5.73 Å². The summed E-state index contributed by atoms with van der Waals surface area (Å²) in [7, 11) is -3.82. The van der Waals surface area contributed by atoms with Crippen LogP contribution in [0.1, 0.15) is 61.5 Å². The number of carbonyl (C=O) groups excluding carboxylic acids is 1. The highest BCUT2D eigenvalue weighted by Crippen LogP contribution is 2.51. The third kappa shape index (κ3) is 4.06. The standard InChI is InChI=1S/C24H28F2N2O4S/c1-15-8-9-21(16-6-4-3-5-7-16)33(31,32)28(15)12-17-10-20(26)18(11-19(17)25)24(22(27)29)13-23(2,30)14-24/h3-7,10-11,15,21,30H,8-9,12-14H2,1-2H3,(H2,27,29)/t15-,21+,23?,24?/m0/s1. The average Bonchev–Trinajstić information content (AvgIpc) is 2.71. The number of aliphatic hydroxyl groups is 1. The highest BCUT2D eigenvalue weighted by Gasteiger charge is 2.57. The number of nitrogens with two attached hydrogens (primary N) is 1. The third-order valence-corrected chi connectivity index (χ3v) is 9.38. The number of carbonyl (C=O) groups is 1. The van der Waals surface area contributed by atoms with Gasteiger partial charge in [-0.2, -0.15) is 4.31 Å². The molecule has 1 saturated heterocycles. The Morgan fingerprint density at radius 1 is 1.15 bits per heavy atom. The summed E-state index contributed by atoms with van der Waals surface area (Å²) >= 11 is 0. The van der Waals surface area contributed by atoms with Crippen LogP contribution in [-0.2, 0) is 26.8 Å². The third-order valence-electron chi connectivity index (χ3n) is 7.01. The maximum Gasteiger partial charge on any atom is 0.228 e. The molecule has 0 spiro atoms. The maximum atomic E-state index is 15.1. The molecule has 0 unspecified atom stereocenters. The van der Waals surface area contributed by atoms with E-state index in [0.29, 0.717) is 18.4 Å². The smallest absolute Gasteiger partial charge is 0.228 e. The topological polar surface area (TPSA) is 101 Å². The summed E-state index contributed by atoms with van der Waals surface area (Å²) in [6, 6.07) is 10.3. The number of hydrogen-bond acceptors (Lipinski definition) is 4. The van der Waals surface area contributed by atoms with Crippen LogP contribution in [0.2, 0.25) is 0 Å². The van der Waals surface area contributed by atoms with E-state index in [4.69, 9.17) is 5.73 Å². The predicted octanol–water partition coefficient (Wildman–Crippen LogP) is 3.29. The largest absolute Gasteiger partial charge is 0.390 e. The van der Waals surface area contributed by atoms with E-state index in [2.05, 4.69) is 0 Å². The molecule has 1 saturated carbocycles. The fourth-order valence-corrected chi connectivity index (χ4v) is 7.53. The Balaban J connectivity index is 1.66. The number of primary amides is 1. The van der Waals surface area contributed by atoms with Gasteiger partial charge in [-0.3, -0.25) is 4.79 Å². The summed E-state index contributed by atoms with van der Waals surface area (Å²) in [4.78, 5) is 12.1. The van der Waals surface area contributed by atoms with E-state index in [9.17, 15) is 18.3 Å². The molecule has 4 rings (SSSR count). The number of halogens is 2. The summed E-state index contributed by atoms with van der Waals surface area (Å²) in [5.41, 5.74) is 3.14. The summed E-state index contributed by atoms with van der Waals surface area (Å²) in [5, 5.41) is 9.35. The predicted molar refractivity (Wildman–Crippen MR) is 119 cm³/mol. The van der Waals surface area contributed by atoms with Gasteiger partial charge in [-0.25, -0.2) is 17.2 Å². The van der Waals surface area contributed by atoms with Gasteiger partial charge in [0.15, 0.2) is 0 Å². The Hall–Kier alpha value is -2.36. The van der Waals surface area contributed by atoms with E-state index in [0.717, 1.165) is 12.1 Å². The number of benzene rings is 2. The Morgan fingerprint density at radius 2 is 1.79 bits per heavy atom. The second kappa shape index (κ2) is 8.14. The molecular formula is C24H28F2N2O4S. The molecular weight excluding hydrogens is 450 g/mol. The highest BCUT2D eigenvalue weighted by atomic mass is 32.2. The number of sulfonamides is 1. The minimum absolute atomic E-state index is 0.110. The van der Waals surface area contributed by atoms with Crippen molar-refractivity contribution in [1.82, 2.24) is 4.31 Å². The fraction of sp³-hybridized carbons (Fsp3) is 0.458. The van der Waals surface area contributed by atoms with Gasteiger partial charge in [0.2, 0.25) is 15.9 Å². The summed E-state index contributed by atoms with van der Waals surface area (Å²) in [6.07, 6.45) is 0.810. The molecule has 0 radical (unpaired) electrons. The molecule has 2 aromatic rings. The van der Waals surface area contributed by atoms with E-state index >= 15 is 8.78 Å². The van der Waals surface area contributed by atoms with Crippen LogP contribution in [0.3, 0.4) is 0 Å². The fourth-order valence-electron chi connectivity index (χ4n) is 5.34. The zero-order valence-electron chi connectivity index (χ0n) is 18.6. The van der Waals surface area contributed by atoms with Crippen LogP contribution in [0, 0.1) is 11.6 Å². The van der Waals surface area contributed by atoms with Crippen LogP contribution >= 0.6 is 0 Å². The van der Waals surface area contributed by atoms with Gasteiger partial charge in [-0.1, -0.05) is 30.3 Å². The van der Waals surface area contributed by atoms with Crippen LogP contribution in [0.25, 0.3) is 0 Å². The van der Waals surface area contributed by atoms with E-state index in [-0.39, 0.29) is 36.6 Å². The minimum atomic E-state index is -3.82. The SMILES string of the molecule is C[C@H]1CC[C@H](c2ccccc2)S(=O)(=O)N1Cc1cc(F)c(C2(C(N)=O)CC(C)(O)C2)cc1F. The normalized spacial score (nSPS) is 31.7.